The van der Waals surface area contributed by atoms with E-state index < -0.39 is 0 Å². The van der Waals surface area contributed by atoms with Gasteiger partial charge < -0.3 is 5.11 Å². The van der Waals surface area contributed by atoms with Crippen LogP contribution in [0.2, 0.25) is 0 Å². The first-order valence-electron chi connectivity index (χ1n) is 5.52. The van der Waals surface area contributed by atoms with Crippen LogP contribution < -0.4 is 0 Å². The highest BCUT2D eigenvalue weighted by atomic mass is 16.3. The van der Waals surface area contributed by atoms with Gasteiger partial charge in [-0.2, -0.15) is 0 Å². The maximum Gasteiger partial charge on any atom is 0.0760 e. The zero-order valence-electron chi connectivity index (χ0n) is 8.40. The van der Waals surface area contributed by atoms with Crippen molar-refractivity contribution in [3.63, 3.8) is 0 Å². The zero-order chi connectivity index (χ0) is 9.22. The molecule has 0 unspecified atom stereocenters. The molecule has 3 aliphatic rings. The SMILES string of the molecule is C[C@@H]1CC[C@H]2[C@@H]1[C@@H]1[C@@H](O)C=C[C@@]12C. The molecule has 3 rings (SSSR count). The number of hydrogen-bond donors (Lipinski definition) is 1. The van der Waals surface area contributed by atoms with Gasteiger partial charge >= 0.3 is 0 Å². The predicted octanol–water partition coefficient (Wildman–Crippen LogP) is 2.22. The molecule has 0 aromatic carbocycles. The summed E-state index contributed by atoms with van der Waals surface area (Å²) < 4.78 is 0. The number of aliphatic hydroxyl groups is 1. The number of allylic oxidation sites excluding steroid dienone is 1. The van der Waals surface area contributed by atoms with Gasteiger partial charge in [-0.05, 0) is 29.6 Å². The van der Waals surface area contributed by atoms with E-state index in [4.69, 9.17) is 0 Å². The van der Waals surface area contributed by atoms with Crippen molar-refractivity contribution in [1.82, 2.24) is 0 Å². The first-order chi connectivity index (χ1) is 6.14. The summed E-state index contributed by atoms with van der Waals surface area (Å²) in [4.78, 5) is 0. The van der Waals surface area contributed by atoms with E-state index in [9.17, 15) is 5.11 Å². The lowest BCUT2D eigenvalue weighted by Crippen LogP contribution is -2.54. The Bertz CT molecular complexity index is 270. The lowest BCUT2D eigenvalue weighted by atomic mass is 9.48. The molecule has 1 heteroatoms. The minimum absolute atomic E-state index is 0.146. The van der Waals surface area contributed by atoms with Gasteiger partial charge in [0.1, 0.15) is 0 Å². The number of aliphatic hydroxyl groups excluding tert-OH is 1. The number of rotatable bonds is 0. The minimum atomic E-state index is -0.146. The number of fused-ring (bicyclic) bond motifs is 4. The van der Waals surface area contributed by atoms with Gasteiger partial charge in [0.2, 0.25) is 0 Å². The molecule has 6 atom stereocenters. The van der Waals surface area contributed by atoms with E-state index in [2.05, 4.69) is 19.9 Å². The van der Waals surface area contributed by atoms with E-state index in [1.54, 1.807) is 0 Å². The van der Waals surface area contributed by atoms with Crippen molar-refractivity contribution >= 4 is 0 Å². The van der Waals surface area contributed by atoms with E-state index in [0.29, 0.717) is 11.3 Å². The second-order valence-corrected chi connectivity index (χ2v) is 5.48. The third kappa shape index (κ3) is 0.735. The summed E-state index contributed by atoms with van der Waals surface area (Å²) >= 11 is 0. The molecule has 0 radical (unpaired) electrons. The molecule has 1 N–H and O–H groups in total. The summed E-state index contributed by atoms with van der Waals surface area (Å²) in [7, 11) is 0. The molecular weight excluding hydrogens is 160 g/mol. The molecule has 2 fully saturated rings. The Morgan fingerprint density at radius 1 is 1.38 bits per heavy atom. The Labute approximate surface area is 79.8 Å². The second-order valence-electron chi connectivity index (χ2n) is 5.48. The summed E-state index contributed by atoms with van der Waals surface area (Å²) in [5, 5.41) is 9.86. The van der Waals surface area contributed by atoms with Crippen molar-refractivity contribution in [3.8, 4) is 0 Å². The molecule has 0 aliphatic heterocycles. The standard InChI is InChI=1S/C12H18O/c1-7-3-4-8-10(7)11-9(13)5-6-12(8,11)2/h5-11,13H,3-4H2,1-2H3/t7-,8+,9+,10-,11+,12-/m1/s1. The Morgan fingerprint density at radius 3 is 2.92 bits per heavy atom. The summed E-state index contributed by atoms with van der Waals surface area (Å²) in [6.07, 6.45) is 6.92. The minimum Gasteiger partial charge on any atom is -0.389 e. The average molecular weight is 178 g/mol. The van der Waals surface area contributed by atoms with Gasteiger partial charge in [-0.25, -0.2) is 0 Å². The molecule has 72 valence electrons. The van der Waals surface area contributed by atoms with E-state index in [0.717, 1.165) is 17.8 Å². The molecule has 1 nitrogen and oxygen atoms in total. The van der Waals surface area contributed by atoms with Crippen LogP contribution in [0.1, 0.15) is 26.7 Å². The Balaban J connectivity index is 1.95. The highest BCUT2D eigenvalue weighted by Gasteiger charge is 2.64. The lowest BCUT2D eigenvalue weighted by Gasteiger charge is -2.56. The molecule has 2 saturated carbocycles. The van der Waals surface area contributed by atoms with Crippen LogP contribution in [0.25, 0.3) is 0 Å². The van der Waals surface area contributed by atoms with Crippen LogP contribution in [0.4, 0.5) is 0 Å². The van der Waals surface area contributed by atoms with Crippen molar-refractivity contribution in [2.24, 2.45) is 29.1 Å². The summed E-state index contributed by atoms with van der Waals surface area (Å²) in [5.41, 5.74) is 0.356. The van der Waals surface area contributed by atoms with E-state index in [1.807, 2.05) is 6.08 Å². The third-order valence-corrected chi connectivity index (χ3v) is 5.01. The zero-order valence-corrected chi connectivity index (χ0v) is 8.40. The summed E-state index contributed by atoms with van der Waals surface area (Å²) in [6.45, 7) is 4.69. The van der Waals surface area contributed by atoms with Gasteiger partial charge in [-0.1, -0.05) is 32.4 Å². The van der Waals surface area contributed by atoms with Crippen LogP contribution in [0, 0.1) is 29.1 Å². The van der Waals surface area contributed by atoms with E-state index >= 15 is 0 Å². The van der Waals surface area contributed by atoms with Gasteiger partial charge in [0.05, 0.1) is 6.10 Å². The van der Waals surface area contributed by atoms with Crippen LogP contribution in [0.15, 0.2) is 12.2 Å². The molecule has 3 aliphatic carbocycles. The summed E-state index contributed by atoms with van der Waals surface area (Å²) in [6, 6.07) is 0. The van der Waals surface area contributed by atoms with Crippen molar-refractivity contribution in [1.29, 1.82) is 0 Å². The van der Waals surface area contributed by atoms with Crippen molar-refractivity contribution in [3.05, 3.63) is 12.2 Å². The summed E-state index contributed by atoms with van der Waals surface area (Å²) in [5.74, 6) is 3.09. The normalized spacial score (nSPS) is 63.2. The fourth-order valence-electron chi connectivity index (χ4n) is 4.35. The van der Waals surface area contributed by atoms with Gasteiger partial charge in [-0.15, -0.1) is 0 Å². The Morgan fingerprint density at radius 2 is 2.15 bits per heavy atom. The molecular formula is C12H18O. The largest absolute Gasteiger partial charge is 0.389 e. The smallest absolute Gasteiger partial charge is 0.0760 e. The van der Waals surface area contributed by atoms with Crippen molar-refractivity contribution in [2.45, 2.75) is 32.8 Å². The fraction of sp³-hybridized carbons (Fsp3) is 0.833. The first-order valence-corrected chi connectivity index (χ1v) is 5.52. The van der Waals surface area contributed by atoms with Gasteiger partial charge in [0, 0.05) is 5.92 Å². The molecule has 13 heavy (non-hydrogen) atoms. The molecule has 0 heterocycles. The van der Waals surface area contributed by atoms with Crippen LogP contribution in [-0.2, 0) is 0 Å². The van der Waals surface area contributed by atoms with Crippen LogP contribution in [-0.4, -0.2) is 11.2 Å². The van der Waals surface area contributed by atoms with Gasteiger partial charge in [-0.3, -0.25) is 0 Å². The van der Waals surface area contributed by atoms with E-state index in [-0.39, 0.29) is 6.10 Å². The quantitative estimate of drug-likeness (QED) is 0.564. The fourth-order valence-corrected chi connectivity index (χ4v) is 4.35. The first kappa shape index (κ1) is 8.05. The predicted molar refractivity (Wildman–Crippen MR) is 52.1 cm³/mol. The highest BCUT2D eigenvalue weighted by Crippen LogP contribution is 2.68. The number of hydrogen-bond acceptors (Lipinski definition) is 1. The molecule has 0 bridgehead atoms. The van der Waals surface area contributed by atoms with Gasteiger partial charge in [0.15, 0.2) is 0 Å². The maximum absolute atomic E-state index is 9.86. The van der Waals surface area contributed by atoms with E-state index in [1.165, 1.54) is 12.8 Å². The average Bonchev–Trinajstić information content (AvgIpc) is 2.50. The Kier molecular flexibility index (Phi) is 1.36. The van der Waals surface area contributed by atoms with Gasteiger partial charge in [0.25, 0.3) is 0 Å². The molecule has 0 saturated heterocycles. The maximum atomic E-state index is 9.86. The topological polar surface area (TPSA) is 20.2 Å². The molecule has 0 aromatic rings. The second kappa shape index (κ2) is 2.20. The third-order valence-electron chi connectivity index (χ3n) is 5.01. The van der Waals surface area contributed by atoms with Crippen LogP contribution >= 0.6 is 0 Å². The monoisotopic (exact) mass is 178 g/mol. The molecule has 0 amide bonds. The lowest BCUT2D eigenvalue weighted by molar-refractivity contribution is -0.104. The van der Waals surface area contributed by atoms with Crippen molar-refractivity contribution in [2.75, 3.05) is 0 Å². The highest BCUT2D eigenvalue weighted by molar-refractivity contribution is 5.26. The molecule has 0 spiro atoms. The molecule has 0 aromatic heterocycles. The van der Waals surface area contributed by atoms with Crippen LogP contribution in [0.3, 0.4) is 0 Å². The Hall–Kier alpha value is -0.300. The van der Waals surface area contributed by atoms with Crippen molar-refractivity contribution < 1.29 is 5.11 Å². The van der Waals surface area contributed by atoms with Crippen LogP contribution in [0.5, 0.6) is 0 Å².